The third-order valence-electron chi connectivity index (χ3n) is 6.01. The summed E-state index contributed by atoms with van der Waals surface area (Å²) < 4.78 is 43.6. The van der Waals surface area contributed by atoms with Crippen LogP contribution in [0.1, 0.15) is 30.9 Å². The summed E-state index contributed by atoms with van der Waals surface area (Å²) >= 11 is 1.48. The van der Waals surface area contributed by atoms with E-state index in [0.29, 0.717) is 30.7 Å². The van der Waals surface area contributed by atoms with Crippen LogP contribution in [0.2, 0.25) is 0 Å². The van der Waals surface area contributed by atoms with Crippen molar-refractivity contribution in [2.24, 2.45) is 10.9 Å². The average molecular weight is 476 g/mol. The van der Waals surface area contributed by atoms with Crippen molar-refractivity contribution in [1.29, 1.82) is 0 Å². The molecule has 2 aromatic carbocycles. The molecule has 1 aliphatic heterocycles. The van der Waals surface area contributed by atoms with Gasteiger partial charge in [0.1, 0.15) is 5.82 Å². The number of aryl methyl sites for hydroxylation is 3. The van der Waals surface area contributed by atoms with E-state index in [9.17, 15) is 17.6 Å². The van der Waals surface area contributed by atoms with Crippen LogP contribution in [0.4, 0.5) is 4.39 Å². The molecule has 2 heterocycles. The molecule has 6 nitrogen and oxygen atoms in total. The van der Waals surface area contributed by atoms with Crippen LogP contribution >= 0.6 is 11.3 Å². The van der Waals surface area contributed by atoms with Gasteiger partial charge in [-0.3, -0.25) is 4.79 Å². The van der Waals surface area contributed by atoms with Crippen molar-refractivity contribution in [3.63, 3.8) is 0 Å². The predicted octanol–water partition coefficient (Wildman–Crippen LogP) is 4.01. The second kappa shape index (κ2) is 8.88. The zero-order valence-electron chi connectivity index (χ0n) is 18.3. The van der Waals surface area contributed by atoms with Gasteiger partial charge >= 0.3 is 0 Å². The van der Waals surface area contributed by atoms with Crippen LogP contribution in [0.15, 0.2) is 46.3 Å². The Morgan fingerprint density at radius 1 is 1.19 bits per heavy atom. The van der Waals surface area contributed by atoms with Crippen molar-refractivity contribution < 1.29 is 17.6 Å². The lowest BCUT2D eigenvalue weighted by Gasteiger charge is -2.30. The molecule has 3 aromatic rings. The summed E-state index contributed by atoms with van der Waals surface area (Å²) in [5.41, 5.74) is 3.43. The SMILES string of the molecule is CCn1c(=NC(=O)C2CCCN(S(=O)(=O)c3ccc(F)cc3)C2)sc2cc(C)c(C)cc21. The summed E-state index contributed by atoms with van der Waals surface area (Å²) in [6.45, 7) is 7.24. The Hall–Kier alpha value is -2.36. The minimum atomic E-state index is -3.79. The number of aromatic nitrogens is 1. The van der Waals surface area contributed by atoms with Gasteiger partial charge in [-0.25, -0.2) is 12.8 Å². The highest BCUT2D eigenvalue weighted by Gasteiger charge is 2.33. The molecule has 4 rings (SSSR count). The van der Waals surface area contributed by atoms with E-state index >= 15 is 0 Å². The first-order valence-corrected chi connectivity index (χ1v) is 12.9. The summed E-state index contributed by atoms with van der Waals surface area (Å²) in [5.74, 6) is -1.29. The summed E-state index contributed by atoms with van der Waals surface area (Å²) in [6.07, 6.45) is 1.16. The van der Waals surface area contributed by atoms with Crippen LogP contribution in [0.5, 0.6) is 0 Å². The first-order chi connectivity index (χ1) is 15.2. The van der Waals surface area contributed by atoms with Gasteiger partial charge < -0.3 is 4.57 Å². The number of benzene rings is 2. The van der Waals surface area contributed by atoms with E-state index < -0.39 is 21.8 Å². The fourth-order valence-corrected chi connectivity index (χ4v) is 6.72. The monoisotopic (exact) mass is 475 g/mol. The van der Waals surface area contributed by atoms with E-state index in [1.807, 2.05) is 11.5 Å². The molecule has 0 bridgehead atoms. The van der Waals surface area contributed by atoms with Crippen LogP contribution in [0, 0.1) is 25.6 Å². The fraction of sp³-hybridized carbons (Fsp3) is 0.391. The molecule has 1 saturated heterocycles. The molecule has 1 amide bonds. The molecule has 0 N–H and O–H groups in total. The summed E-state index contributed by atoms with van der Waals surface area (Å²) in [5, 5.41) is 0. The molecule has 1 atom stereocenters. The minimum absolute atomic E-state index is 0.0306. The van der Waals surface area contributed by atoms with Crippen molar-refractivity contribution in [1.82, 2.24) is 8.87 Å². The van der Waals surface area contributed by atoms with Gasteiger partial charge in [0, 0.05) is 19.6 Å². The maximum atomic E-state index is 13.2. The van der Waals surface area contributed by atoms with Crippen LogP contribution in [-0.4, -0.2) is 36.3 Å². The van der Waals surface area contributed by atoms with Gasteiger partial charge in [0.25, 0.3) is 5.91 Å². The first kappa shape index (κ1) is 22.8. The molecule has 1 unspecified atom stereocenters. The number of nitrogens with zero attached hydrogens (tertiary/aromatic N) is 3. The molecule has 0 saturated carbocycles. The third kappa shape index (κ3) is 4.29. The number of amides is 1. The Balaban J connectivity index is 1.63. The van der Waals surface area contributed by atoms with E-state index in [0.717, 1.165) is 22.3 Å². The molecule has 0 aliphatic carbocycles. The zero-order chi connectivity index (χ0) is 23.0. The van der Waals surface area contributed by atoms with Gasteiger partial charge in [0.15, 0.2) is 4.80 Å². The van der Waals surface area contributed by atoms with E-state index in [2.05, 4.69) is 31.0 Å². The van der Waals surface area contributed by atoms with Crippen LogP contribution in [-0.2, 0) is 21.4 Å². The Morgan fingerprint density at radius 3 is 2.56 bits per heavy atom. The standard InChI is InChI=1S/C23H26FN3O3S2/c1-4-27-20-12-15(2)16(3)13-21(20)31-23(27)25-22(28)17-6-5-11-26(14-17)32(29,30)19-9-7-18(24)8-10-19/h7-10,12-13,17H,4-6,11,14H2,1-3H3. The molecular formula is C23H26FN3O3S2. The maximum Gasteiger partial charge on any atom is 0.252 e. The van der Waals surface area contributed by atoms with Gasteiger partial charge in [0.05, 0.1) is 21.0 Å². The van der Waals surface area contributed by atoms with Crippen LogP contribution in [0.3, 0.4) is 0 Å². The number of halogens is 1. The molecule has 1 fully saturated rings. The number of sulfonamides is 1. The molecule has 32 heavy (non-hydrogen) atoms. The lowest BCUT2D eigenvalue weighted by Crippen LogP contribution is -2.42. The smallest absolute Gasteiger partial charge is 0.252 e. The number of piperidine rings is 1. The van der Waals surface area contributed by atoms with Gasteiger partial charge in [-0.2, -0.15) is 9.30 Å². The van der Waals surface area contributed by atoms with Crippen molar-refractivity contribution in [3.8, 4) is 0 Å². The lowest BCUT2D eigenvalue weighted by atomic mass is 9.99. The van der Waals surface area contributed by atoms with Crippen molar-refractivity contribution in [3.05, 3.63) is 58.1 Å². The normalized spacial score (nSPS) is 18.4. The lowest BCUT2D eigenvalue weighted by molar-refractivity contribution is -0.122. The van der Waals surface area contributed by atoms with E-state index in [1.54, 1.807) is 0 Å². The van der Waals surface area contributed by atoms with Gasteiger partial charge in [-0.1, -0.05) is 11.3 Å². The Labute approximate surface area is 191 Å². The molecular weight excluding hydrogens is 449 g/mol. The maximum absolute atomic E-state index is 13.2. The predicted molar refractivity (Wildman–Crippen MR) is 123 cm³/mol. The number of carbonyl (C=O) groups is 1. The summed E-state index contributed by atoms with van der Waals surface area (Å²) in [4.78, 5) is 18.1. The van der Waals surface area contributed by atoms with E-state index in [-0.39, 0.29) is 17.3 Å². The second-order valence-corrected chi connectivity index (χ2v) is 11.1. The highest BCUT2D eigenvalue weighted by molar-refractivity contribution is 7.89. The second-order valence-electron chi connectivity index (χ2n) is 8.14. The topological polar surface area (TPSA) is 71.7 Å². The number of fused-ring (bicyclic) bond motifs is 1. The number of thiazole rings is 1. The Bertz CT molecular complexity index is 1340. The summed E-state index contributed by atoms with van der Waals surface area (Å²) in [6, 6.07) is 9.00. The highest BCUT2D eigenvalue weighted by atomic mass is 32.2. The van der Waals surface area contributed by atoms with Gasteiger partial charge in [-0.05, 0) is 81.1 Å². The highest BCUT2D eigenvalue weighted by Crippen LogP contribution is 2.25. The molecule has 0 spiro atoms. The molecule has 9 heteroatoms. The molecule has 1 aromatic heterocycles. The number of hydrogen-bond acceptors (Lipinski definition) is 4. The van der Waals surface area contributed by atoms with E-state index in [1.165, 1.54) is 38.9 Å². The fourth-order valence-electron chi connectivity index (χ4n) is 4.02. The first-order valence-electron chi connectivity index (χ1n) is 10.7. The number of rotatable bonds is 4. The van der Waals surface area contributed by atoms with Crippen molar-refractivity contribution in [2.75, 3.05) is 13.1 Å². The molecule has 170 valence electrons. The van der Waals surface area contributed by atoms with Gasteiger partial charge in [-0.15, -0.1) is 0 Å². The Morgan fingerprint density at radius 2 is 1.88 bits per heavy atom. The van der Waals surface area contributed by atoms with Crippen LogP contribution in [0.25, 0.3) is 10.2 Å². The molecule has 1 aliphatic rings. The number of carbonyl (C=O) groups excluding carboxylic acids is 1. The quantitative estimate of drug-likeness (QED) is 0.573. The van der Waals surface area contributed by atoms with Crippen molar-refractivity contribution >= 4 is 37.5 Å². The van der Waals surface area contributed by atoms with Gasteiger partial charge in [0.2, 0.25) is 10.0 Å². The third-order valence-corrected chi connectivity index (χ3v) is 8.93. The van der Waals surface area contributed by atoms with Crippen LogP contribution < -0.4 is 4.80 Å². The minimum Gasteiger partial charge on any atom is -0.317 e. The molecule has 0 radical (unpaired) electrons. The largest absolute Gasteiger partial charge is 0.317 e. The Kier molecular flexibility index (Phi) is 6.33. The number of hydrogen-bond donors (Lipinski definition) is 0. The zero-order valence-corrected chi connectivity index (χ0v) is 20.0. The summed E-state index contributed by atoms with van der Waals surface area (Å²) in [7, 11) is -3.79. The average Bonchev–Trinajstić information content (AvgIpc) is 3.10. The van der Waals surface area contributed by atoms with E-state index in [4.69, 9.17) is 0 Å². The van der Waals surface area contributed by atoms with Crippen molar-refractivity contribution in [2.45, 2.75) is 45.1 Å².